The minimum Gasteiger partial charge on any atom is -0.325 e. The number of nitrogens with one attached hydrogen (secondary N) is 3. The summed E-state index contributed by atoms with van der Waals surface area (Å²) in [5.41, 5.74) is 0.625. The van der Waals surface area contributed by atoms with Crippen molar-refractivity contribution in [1.29, 1.82) is 0 Å². The molecule has 0 saturated carbocycles. The number of aromatic amines is 1. The van der Waals surface area contributed by atoms with Gasteiger partial charge in [0.25, 0.3) is 5.56 Å². The Labute approximate surface area is 127 Å². The summed E-state index contributed by atoms with van der Waals surface area (Å²) in [4.78, 5) is 36.6. The van der Waals surface area contributed by atoms with E-state index in [1.54, 1.807) is 6.07 Å². The molecule has 7 nitrogen and oxygen atoms in total. The summed E-state index contributed by atoms with van der Waals surface area (Å²) < 4.78 is 1.14. The van der Waals surface area contributed by atoms with Crippen molar-refractivity contribution in [2.24, 2.45) is 0 Å². The predicted octanol–water partition coefficient (Wildman–Crippen LogP) is 0.285. The Kier molecular flexibility index (Phi) is 5.26. The van der Waals surface area contributed by atoms with Crippen molar-refractivity contribution >= 4 is 11.6 Å². The van der Waals surface area contributed by atoms with Gasteiger partial charge in [-0.15, -0.1) is 0 Å². The SMILES string of the molecule is CCNCc1cccc(NC(=O)Cn2ccc(=O)[nH]c2=O)c1. The molecule has 116 valence electrons. The number of amides is 1. The number of carbonyl (C=O) groups excluding carboxylic acids is 1. The summed E-state index contributed by atoms with van der Waals surface area (Å²) in [5.74, 6) is -0.338. The van der Waals surface area contributed by atoms with E-state index in [-0.39, 0.29) is 12.5 Å². The number of nitrogens with zero attached hydrogens (tertiary/aromatic N) is 1. The highest BCUT2D eigenvalue weighted by atomic mass is 16.2. The summed E-state index contributed by atoms with van der Waals surface area (Å²) in [6.45, 7) is 3.45. The number of rotatable bonds is 6. The molecule has 2 aromatic rings. The fraction of sp³-hybridized carbons (Fsp3) is 0.267. The van der Waals surface area contributed by atoms with Crippen molar-refractivity contribution in [1.82, 2.24) is 14.9 Å². The molecule has 0 aliphatic carbocycles. The van der Waals surface area contributed by atoms with Gasteiger partial charge in [-0.25, -0.2) is 4.79 Å². The Morgan fingerprint density at radius 1 is 1.27 bits per heavy atom. The van der Waals surface area contributed by atoms with E-state index in [1.807, 2.05) is 25.1 Å². The zero-order chi connectivity index (χ0) is 15.9. The van der Waals surface area contributed by atoms with Crippen LogP contribution in [0.25, 0.3) is 0 Å². The minimum atomic E-state index is -0.608. The van der Waals surface area contributed by atoms with Gasteiger partial charge in [0.15, 0.2) is 0 Å². The Hall–Kier alpha value is -2.67. The molecule has 1 amide bonds. The minimum absolute atomic E-state index is 0.160. The number of carbonyl (C=O) groups is 1. The Morgan fingerprint density at radius 3 is 2.82 bits per heavy atom. The molecule has 0 unspecified atom stereocenters. The zero-order valence-electron chi connectivity index (χ0n) is 12.3. The lowest BCUT2D eigenvalue weighted by Gasteiger charge is -2.09. The third-order valence-corrected chi connectivity index (χ3v) is 3.00. The van der Waals surface area contributed by atoms with E-state index >= 15 is 0 Å². The molecule has 0 spiro atoms. The summed E-state index contributed by atoms with van der Waals surface area (Å²) >= 11 is 0. The molecule has 0 aliphatic rings. The molecule has 7 heteroatoms. The molecule has 0 fully saturated rings. The molecule has 1 aromatic carbocycles. The van der Waals surface area contributed by atoms with E-state index in [4.69, 9.17) is 0 Å². The smallest absolute Gasteiger partial charge is 0.325 e. The molecular weight excluding hydrogens is 284 g/mol. The van der Waals surface area contributed by atoms with Crippen LogP contribution in [0.4, 0.5) is 5.69 Å². The fourth-order valence-corrected chi connectivity index (χ4v) is 1.95. The van der Waals surface area contributed by atoms with Crippen LogP contribution in [0, 0.1) is 0 Å². The van der Waals surface area contributed by atoms with Gasteiger partial charge < -0.3 is 10.6 Å². The molecule has 1 heterocycles. The highest BCUT2D eigenvalue weighted by molar-refractivity contribution is 5.90. The second-order valence-electron chi connectivity index (χ2n) is 4.77. The van der Waals surface area contributed by atoms with Crippen LogP contribution in [0.5, 0.6) is 0 Å². The van der Waals surface area contributed by atoms with Crippen molar-refractivity contribution in [2.75, 3.05) is 11.9 Å². The maximum Gasteiger partial charge on any atom is 0.328 e. The summed E-state index contributed by atoms with van der Waals surface area (Å²) in [7, 11) is 0. The zero-order valence-corrected chi connectivity index (χ0v) is 12.3. The summed E-state index contributed by atoms with van der Waals surface area (Å²) in [6.07, 6.45) is 1.29. The number of anilines is 1. The fourth-order valence-electron chi connectivity index (χ4n) is 1.95. The molecule has 0 aliphatic heterocycles. The third-order valence-electron chi connectivity index (χ3n) is 3.00. The Balaban J connectivity index is 2.02. The Bertz CT molecular complexity index is 764. The standard InChI is InChI=1S/C15H18N4O3/c1-2-16-9-11-4-3-5-12(8-11)17-14(21)10-19-7-6-13(20)18-15(19)22/h3-8,16H,2,9-10H2,1H3,(H,17,21)(H,18,20,22). The van der Waals surface area contributed by atoms with Crippen LogP contribution in [-0.4, -0.2) is 22.0 Å². The lowest BCUT2D eigenvalue weighted by molar-refractivity contribution is -0.116. The van der Waals surface area contributed by atoms with Gasteiger partial charge >= 0.3 is 5.69 Å². The van der Waals surface area contributed by atoms with Crippen LogP contribution in [0.2, 0.25) is 0 Å². The molecule has 2 rings (SSSR count). The summed E-state index contributed by atoms with van der Waals surface area (Å²) in [5, 5.41) is 5.94. The largest absolute Gasteiger partial charge is 0.328 e. The number of H-pyrrole nitrogens is 1. The highest BCUT2D eigenvalue weighted by Crippen LogP contribution is 2.10. The van der Waals surface area contributed by atoms with E-state index in [0.29, 0.717) is 5.69 Å². The van der Waals surface area contributed by atoms with Crippen molar-refractivity contribution in [2.45, 2.75) is 20.0 Å². The van der Waals surface area contributed by atoms with E-state index in [0.717, 1.165) is 23.2 Å². The van der Waals surface area contributed by atoms with Gasteiger partial charge in [0.05, 0.1) is 0 Å². The van der Waals surface area contributed by atoms with Gasteiger partial charge in [0.2, 0.25) is 5.91 Å². The Morgan fingerprint density at radius 2 is 2.09 bits per heavy atom. The van der Waals surface area contributed by atoms with E-state index in [1.165, 1.54) is 12.3 Å². The molecule has 0 radical (unpaired) electrons. The van der Waals surface area contributed by atoms with E-state index < -0.39 is 11.2 Å². The van der Waals surface area contributed by atoms with Crippen molar-refractivity contribution in [3.8, 4) is 0 Å². The number of hydrogen-bond donors (Lipinski definition) is 3. The maximum atomic E-state index is 12.0. The van der Waals surface area contributed by atoms with Gasteiger partial charge in [0.1, 0.15) is 6.54 Å². The first kappa shape index (κ1) is 15.7. The van der Waals surface area contributed by atoms with Crippen LogP contribution in [0.1, 0.15) is 12.5 Å². The van der Waals surface area contributed by atoms with Crippen LogP contribution in [-0.2, 0) is 17.9 Å². The van der Waals surface area contributed by atoms with Crippen LogP contribution >= 0.6 is 0 Å². The average Bonchev–Trinajstić information content (AvgIpc) is 2.48. The van der Waals surface area contributed by atoms with Crippen molar-refractivity contribution < 1.29 is 4.79 Å². The molecule has 22 heavy (non-hydrogen) atoms. The predicted molar refractivity (Wildman–Crippen MR) is 83.8 cm³/mol. The molecular formula is C15H18N4O3. The maximum absolute atomic E-state index is 12.0. The lowest BCUT2D eigenvalue weighted by Crippen LogP contribution is -2.32. The van der Waals surface area contributed by atoms with Crippen LogP contribution < -0.4 is 21.9 Å². The molecule has 0 saturated heterocycles. The highest BCUT2D eigenvalue weighted by Gasteiger charge is 2.06. The second kappa shape index (κ2) is 7.37. The first-order valence-electron chi connectivity index (χ1n) is 6.98. The third kappa shape index (κ3) is 4.42. The first-order chi connectivity index (χ1) is 10.6. The van der Waals surface area contributed by atoms with Crippen LogP contribution in [0.3, 0.4) is 0 Å². The van der Waals surface area contributed by atoms with E-state index in [2.05, 4.69) is 15.6 Å². The van der Waals surface area contributed by atoms with Gasteiger partial charge in [-0.1, -0.05) is 19.1 Å². The van der Waals surface area contributed by atoms with Crippen molar-refractivity contribution in [3.63, 3.8) is 0 Å². The number of aromatic nitrogens is 2. The normalized spacial score (nSPS) is 10.4. The quantitative estimate of drug-likeness (QED) is 0.714. The van der Waals surface area contributed by atoms with Gasteiger partial charge in [0, 0.05) is 24.5 Å². The average molecular weight is 302 g/mol. The topological polar surface area (TPSA) is 96.0 Å². The second-order valence-corrected chi connectivity index (χ2v) is 4.77. The van der Waals surface area contributed by atoms with Gasteiger partial charge in [-0.2, -0.15) is 0 Å². The summed E-state index contributed by atoms with van der Waals surface area (Å²) in [6, 6.07) is 8.67. The molecule has 3 N–H and O–H groups in total. The van der Waals surface area contributed by atoms with Gasteiger partial charge in [-0.3, -0.25) is 19.1 Å². The first-order valence-corrected chi connectivity index (χ1v) is 6.98. The number of hydrogen-bond acceptors (Lipinski definition) is 4. The monoisotopic (exact) mass is 302 g/mol. The lowest BCUT2D eigenvalue weighted by atomic mass is 10.2. The van der Waals surface area contributed by atoms with Gasteiger partial charge in [-0.05, 0) is 24.2 Å². The van der Waals surface area contributed by atoms with Crippen molar-refractivity contribution in [3.05, 3.63) is 62.9 Å². The van der Waals surface area contributed by atoms with Crippen LogP contribution in [0.15, 0.2) is 46.1 Å². The molecule has 1 aromatic heterocycles. The molecule has 0 bridgehead atoms. The number of benzene rings is 1. The van der Waals surface area contributed by atoms with E-state index in [9.17, 15) is 14.4 Å². The molecule has 0 atom stereocenters.